The molecular weight excluding hydrogens is 229 g/mol. The molecule has 0 atom stereocenters. The largest absolute Gasteiger partial charge is 0.339 e. The topological polar surface area (TPSA) is 39.9 Å². The first kappa shape index (κ1) is 12.1. The van der Waals surface area contributed by atoms with Crippen LogP contribution in [0.25, 0.3) is 0 Å². The van der Waals surface area contributed by atoms with Crippen LogP contribution in [0.15, 0.2) is 42.6 Å². The van der Waals surface area contributed by atoms with Crippen molar-refractivity contribution in [1.29, 1.82) is 5.26 Å². The summed E-state index contributed by atoms with van der Waals surface area (Å²) in [7, 11) is 0. The number of halogens is 1. The van der Waals surface area contributed by atoms with Crippen LogP contribution in [0.3, 0.4) is 0 Å². The van der Waals surface area contributed by atoms with Gasteiger partial charge in [0.25, 0.3) is 0 Å². The van der Waals surface area contributed by atoms with Crippen LogP contribution < -0.4 is 4.90 Å². The number of pyridine rings is 1. The third kappa shape index (κ3) is 2.30. The molecule has 0 spiro atoms. The maximum absolute atomic E-state index is 13.3. The van der Waals surface area contributed by atoms with Crippen molar-refractivity contribution in [3.8, 4) is 6.07 Å². The fourth-order valence-electron chi connectivity index (χ4n) is 1.84. The Hall–Kier alpha value is -2.41. The first-order valence-corrected chi connectivity index (χ1v) is 5.64. The van der Waals surface area contributed by atoms with E-state index in [1.807, 2.05) is 17.9 Å². The molecule has 0 radical (unpaired) electrons. The molecule has 0 fully saturated rings. The molecule has 0 N–H and O–H groups in total. The Bertz CT molecular complexity index is 590. The minimum absolute atomic E-state index is 0.298. The van der Waals surface area contributed by atoms with Crippen LogP contribution in [-0.2, 0) is 0 Å². The standard InChI is InChI=1S/C14H12FN3/c1-2-18(12-6-3-5-11(15)9-12)14-7-4-8-17-13(14)10-16/h3-9H,2H2,1H3. The van der Waals surface area contributed by atoms with Gasteiger partial charge in [-0.2, -0.15) is 5.26 Å². The smallest absolute Gasteiger partial charge is 0.164 e. The number of nitrogens with zero attached hydrogens (tertiary/aromatic N) is 3. The van der Waals surface area contributed by atoms with Gasteiger partial charge in [-0.15, -0.1) is 0 Å². The lowest BCUT2D eigenvalue weighted by Crippen LogP contribution is -2.17. The van der Waals surface area contributed by atoms with Crippen LogP contribution in [0.1, 0.15) is 12.6 Å². The highest BCUT2D eigenvalue weighted by Gasteiger charge is 2.12. The molecule has 1 aromatic carbocycles. The molecule has 1 heterocycles. The molecule has 0 aliphatic heterocycles. The average molecular weight is 241 g/mol. The summed E-state index contributed by atoms with van der Waals surface area (Å²) >= 11 is 0. The number of anilines is 2. The molecule has 2 rings (SSSR count). The molecule has 0 saturated heterocycles. The van der Waals surface area contributed by atoms with E-state index in [4.69, 9.17) is 5.26 Å². The highest BCUT2D eigenvalue weighted by atomic mass is 19.1. The van der Waals surface area contributed by atoms with Crippen molar-refractivity contribution in [1.82, 2.24) is 4.98 Å². The number of hydrogen-bond acceptors (Lipinski definition) is 3. The van der Waals surface area contributed by atoms with Gasteiger partial charge in [-0.25, -0.2) is 9.37 Å². The quantitative estimate of drug-likeness (QED) is 0.828. The SMILES string of the molecule is CCN(c1cccc(F)c1)c1cccnc1C#N. The normalized spacial score (nSPS) is 9.83. The van der Waals surface area contributed by atoms with Gasteiger partial charge in [-0.3, -0.25) is 0 Å². The molecule has 0 aliphatic carbocycles. The predicted molar refractivity (Wildman–Crippen MR) is 68.0 cm³/mol. The molecule has 0 bridgehead atoms. The molecule has 2 aromatic rings. The van der Waals surface area contributed by atoms with Crippen LogP contribution in [0.2, 0.25) is 0 Å². The summed E-state index contributed by atoms with van der Waals surface area (Å²) < 4.78 is 13.3. The monoisotopic (exact) mass is 241 g/mol. The molecular formula is C14H12FN3. The van der Waals surface area contributed by atoms with E-state index in [1.54, 1.807) is 30.5 Å². The zero-order valence-corrected chi connectivity index (χ0v) is 9.97. The zero-order valence-electron chi connectivity index (χ0n) is 9.97. The predicted octanol–water partition coefficient (Wildman–Crippen LogP) is 3.25. The number of hydrogen-bond donors (Lipinski definition) is 0. The Morgan fingerprint density at radius 3 is 2.83 bits per heavy atom. The van der Waals surface area contributed by atoms with E-state index in [0.29, 0.717) is 23.6 Å². The first-order chi connectivity index (χ1) is 8.76. The van der Waals surface area contributed by atoms with Crippen molar-refractivity contribution in [2.24, 2.45) is 0 Å². The summed E-state index contributed by atoms with van der Waals surface area (Å²) in [6.07, 6.45) is 1.57. The molecule has 0 aliphatic rings. The number of aromatic nitrogens is 1. The summed E-state index contributed by atoms with van der Waals surface area (Å²) in [6, 6.07) is 11.9. The third-order valence-corrected chi connectivity index (χ3v) is 2.62. The zero-order chi connectivity index (χ0) is 13.0. The lowest BCUT2D eigenvalue weighted by atomic mass is 10.2. The summed E-state index contributed by atoms with van der Waals surface area (Å²) in [5.74, 6) is -0.298. The van der Waals surface area contributed by atoms with E-state index in [0.717, 1.165) is 0 Å². The van der Waals surface area contributed by atoms with Gasteiger partial charge in [0.05, 0.1) is 5.69 Å². The van der Waals surface area contributed by atoms with E-state index >= 15 is 0 Å². The molecule has 0 saturated carbocycles. The van der Waals surface area contributed by atoms with Crippen LogP contribution in [0.5, 0.6) is 0 Å². The highest BCUT2D eigenvalue weighted by Crippen LogP contribution is 2.27. The molecule has 0 amide bonds. The Balaban J connectivity index is 2.49. The lowest BCUT2D eigenvalue weighted by Gasteiger charge is -2.23. The molecule has 1 aromatic heterocycles. The van der Waals surface area contributed by atoms with Crippen molar-refractivity contribution in [2.45, 2.75) is 6.92 Å². The van der Waals surface area contributed by atoms with Gasteiger partial charge in [0, 0.05) is 18.4 Å². The minimum atomic E-state index is -0.298. The van der Waals surface area contributed by atoms with Gasteiger partial charge in [-0.1, -0.05) is 6.07 Å². The summed E-state index contributed by atoms with van der Waals surface area (Å²) in [5, 5.41) is 9.05. The second-order valence-corrected chi connectivity index (χ2v) is 3.71. The fourth-order valence-corrected chi connectivity index (χ4v) is 1.84. The molecule has 3 nitrogen and oxygen atoms in total. The molecule has 18 heavy (non-hydrogen) atoms. The van der Waals surface area contributed by atoms with Gasteiger partial charge in [0.2, 0.25) is 0 Å². The van der Waals surface area contributed by atoms with Crippen molar-refractivity contribution in [3.63, 3.8) is 0 Å². The van der Waals surface area contributed by atoms with Gasteiger partial charge < -0.3 is 4.90 Å². The number of benzene rings is 1. The molecule has 0 unspecified atom stereocenters. The average Bonchev–Trinajstić information content (AvgIpc) is 2.40. The summed E-state index contributed by atoms with van der Waals surface area (Å²) in [5.41, 5.74) is 1.73. The van der Waals surface area contributed by atoms with Crippen LogP contribution in [-0.4, -0.2) is 11.5 Å². The summed E-state index contributed by atoms with van der Waals surface area (Å²) in [6.45, 7) is 2.57. The Morgan fingerprint density at radius 2 is 2.17 bits per heavy atom. The Kier molecular flexibility index (Phi) is 3.54. The second kappa shape index (κ2) is 5.28. The lowest BCUT2D eigenvalue weighted by molar-refractivity contribution is 0.627. The van der Waals surface area contributed by atoms with Gasteiger partial charge in [-0.05, 0) is 37.3 Å². The van der Waals surface area contributed by atoms with E-state index in [9.17, 15) is 4.39 Å². The fraction of sp³-hybridized carbons (Fsp3) is 0.143. The van der Waals surface area contributed by atoms with Crippen molar-refractivity contribution in [3.05, 3.63) is 54.1 Å². The van der Waals surface area contributed by atoms with E-state index in [1.165, 1.54) is 12.1 Å². The highest BCUT2D eigenvalue weighted by molar-refractivity contribution is 5.67. The van der Waals surface area contributed by atoms with Crippen molar-refractivity contribution in [2.75, 3.05) is 11.4 Å². The molecule has 90 valence electrons. The maximum atomic E-state index is 13.3. The van der Waals surface area contributed by atoms with Gasteiger partial charge >= 0.3 is 0 Å². The van der Waals surface area contributed by atoms with Crippen molar-refractivity contribution < 1.29 is 4.39 Å². The van der Waals surface area contributed by atoms with Crippen molar-refractivity contribution >= 4 is 11.4 Å². The second-order valence-electron chi connectivity index (χ2n) is 3.71. The minimum Gasteiger partial charge on any atom is -0.339 e. The van der Waals surface area contributed by atoms with Crippen LogP contribution >= 0.6 is 0 Å². The van der Waals surface area contributed by atoms with E-state index in [-0.39, 0.29) is 5.82 Å². The Morgan fingerprint density at radius 1 is 1.33 bits per heavy atom. The van der Waals surface area contributed by atoms with E-state index < -0.39 is 0 Å². The first-order valence-electron chi connectivity index (χ1n) is 5.64. The van der Waals surface area contributed by atoms with Crippen LogP contribution in [0.4, 0.5) is 15.8 Å². The van der Waals surface area contributed by atoms with E-state index in [2.05, 4.69) is 4.98 Å². The third-order valence-electron chi connectivity index (χ3n) is 2.62. The maximum Gasteiger partial charge on any atom is 0.164 e. The number of nitriles is 1. The van der Waals surface area contributed by atoms with Crippen LogP contribution in [0, 0.1) is 17.1 Å². The summed E-state index contributed by atoms with van der Waals surface area (Å²) in [4.78, 5) is 5.87. The number of rotatable bonds is 3. The van der Waals surface area contributed by atoms with Gasteiger partial charge in [0.15, 0.2) is 5.69 Å². The molecule has 4 heteroatoms. The van der Waals surface area contributed by atoms with Gasteiger partial charge in [0.1, 0.15) is 11.9 Å². The Labute approximate surface area is 105 Å².